The number of rotatable bonds is 9. The normalized spacial score (nSPS) is 13.8. The van der Waals surface area contributed by atoms with E-state index in [1.165, 1.54) is 0 Å². The zero-order valence-electron chi connectivity index (χ0n) is 17.8. The van der Waals surface area contributed by atoms with E-state index in [4.69, 9.17) is 16.3 Å². The van der Waals surface area contributed by atoms with Crippen LogP contribution in [-0.4, -0.2) is 42.3 Å². The van der Waals surface area contributed by atoms with Crippen molar-refractivity contribution in [3.05, 3.63) is 59.7 Å². The first-order valence-corrected chi connectivity index (χ1v) is 10.5. The Labute approximate surface area is 187 Å². The lowest BCUT2D eigenvalue weighted by Gasteiger charge is -2.19. The molecule has 0 saturated carbocycles. The van der Waals surface area contributed by atoms with Crippen LogP contribution in [0.25, 0.3) is 11.1 Å². The maximum absolute atomic E-state index is 12.4. The number of alkyl carbamates (subject to hydrolysis) is 1. The summed E-state index contributed by atoms with van der Waals surface area (Å²) in [5.41, 5.74) is 4.50. The maximum atomic E-state index is 12.4. The second-order valence-corrected chi connectivity index (χ2v) is 7.62. The fourth-order valence-electron chi connectivity index (χ4n) is 3.89. The molecule has 2 aromatic carbocycles. The third-order valence-electron chi connectivity index (χ3n) is 5.64. The molecule has 2 aromatic rings. The number of carbonyl (C=O) groups excluding carboxylic acids is 2. The lowest BCUT2D eigenvalue weighted by atomic mass is 9.98. The Morgan fingerprint density at radius 1 is 1.09 bits per heavy atom. The van der Waals surface area contributed by atoms with E-state index in [0.717, 1.165) is 22.3 Å². The van der Waals surface area contributed by atoms with E-state index in [1.54, 1.807) is 6.92 Å². The van der Waals surface area contributed by atoms with Gasteiger partial charge in [-0.15, -0.1) is 12.3 Å². The van der Waals surface area contributed by atoms with Gasteiger partial charge in [0.15, 0.2) is 0 Å². The van der Waals surface area contributed by atoms with E-state index in [2.05, 4.69) is 28.7 Å². The van der Waals surface area contributed by atoms with E-state index in [9.17, 15) is 14.4 Å². The number of hydrogen-bond acceptors (Lipinski definition) is 4. The number of carbonyl (C=O) groups is 3. The van der Waals surface area contributed by atoms with Crippen LogP contribution < -0.4 is 10.6 Å². The Balaban J connectivity index is 1.55. The van der Waals surface area contributed by atoms with Gasteiger partial charge in [-0.05, 0) is 28.7 Å². The highest BCUT2D eigenvalue weighted by molar-refractivity contribution is 5.85. The third-order valence-corrected chi connectivity index (χ3v) is 5.64. The van der Waals surface area contributed by atoms with Crippen molar-refractivity contribution in [1.82, 2.24) is 10.6 Å². The molecule has 7 heteroatoms. The predicted octanol–water partition coefficient (Wildman–Crippen LogP) is 3.14. The number of terminal acetylenes is 1. The molecule has 2 unspecified atom stereocenters. The smallest absolute Gasteiger partial charge is 0.407 e. The second kappa shape index (κ2) is 10.5. The summed E-state index contributed by atoms with van der Waals surface area (Å²) in [4.78, 5) is 35.9. The average Bonchev–Trinajstić information content (AvgIpc) is 3.11. The molecule has 3 N–H and O–H groups in total. The van der Waals surface area contributed by atoms with Crippen LogP contribution in [0.1, 0.15) is 36.8 Å². The highest BCUT2D eigenvalue weighted by Gasteiger charge is 2.29. The summed E-state index contributed by atoms with van der Waals surface area (Å²) in [6, 6.07) is 14.9. The maximum Gasteiger partial charge on any atom is 0.407 e. The minimum atomic E-state index is -1.20. The summed E-state index contributed by atoms with van der Waals surface area (Å²) in [6.07, 6.45) is 4.83. The number of fused-ring (bicyclic) bond motifs is 3. The molecule has 1 aliphatic rings. The summed E-state index contributed by atoms with van der Waals surface area (Å²) in [5, 5.41) is 14.2. The van der Waals surface area contributed by atoms with Crippen LogP contribution >= 0.6 is 0 Å². The Morgan fingerprint density at radius 3 is 2.22 bits per heavy atom. The molecular weight excluding hydrogens is 408 g/mol. The van der Waals surface area contributed by atoms with Gasteiger partial charge in [-0.1, -0.05) is 55.5 Å². The van der Waals surface area contributed by atoms with Crippen LogP contribution in [0, 0.1) is 18.3 Å². The molecule has 0 spiro atoms. The monoisotopic (exact) mass is 434 g/mol. The van der Waals surface area contributed by atoms with Crippen LogP contribution in [0.15, 0.2) is 48.5 Å². The molecule has 1 aliphatic carbocycles. The predicted molar refractivity (Wildman–Crippen MR) is 120 cm³/mol. The molecule has 0 aromatic heterocycles. The Bertz CT molecular complexity index is 997. The molecule has 32 heavy (non-hydrogen) atoms. The van der Waals surface area contributed by atoms with E-state index in [1.807, 2.05) is 36.4 Å². The fourth-order valence-corrected chi connectivity index (χ4v) is 3.89. The van der Waals surface area contributed by atoms with Gasteiger partial charge in [0, 0.05) is 18.9 Å². The van der Waals surface area contributed by atoms with Crippen LogP contribution in [-0.2, 0) is 14.3 Å². The van der Waals surface area contributed by atoms with Crippen molar-refractivity contribution in [2.75, 3.05) is 13.2 Å². The Morgan fingerprint density at radius 2 is 1.69 bits per heavy atom. The minimum Gasteiger partial charge on any atom is -0.480 e. The fraction of sp³-hybridized carbons (Fsp3) is 0.320. The molecule has 0 fully saturated rings. The van der Waals surface area contributed by atoms with Gasteiger partial charge in [0.1, 0.15) is 12.6 Å². The Hall–Kier alpha value is -3.79. The standard InChI is InChI=1S/C25H26N2O5/c1-3-9-22(24(29)30)27-23(28)16(4-2)14-26-25(31)32-15-21-19-12-7-5-10-17(19)18-11-6-8-13-20(18)21/h1,5-8,10-13,16,21-22H,4,9,14-15H2,2H3,(H,26,31)(H,27,28)(H,29,30). The summed E-state index contributed by atoms with van der Waals surface area (Å²) in [5.74, 6) is -0.101. The number of benzene rings is 2. The Kier molecular flexibility index (Phi) is 7.50. The quantitative estimate of drug-likeness (QED) is 0.526. The van der Waals surface area contributed by atoms with Gasteiger partial charge in [0.25, 0.3) is 0 Å². The van der Waals surface area contributed by atoms with Crippen molar-refractivity contribution in [2.24, 2.45) is 5.92 Å². The summed E-state index contributed by atoms with van der Waals surface area (Å²) in [6.45, 7) is 1.98. The number of nitrogens with one attached hydrogen (secondary N) is 2. The van der Waals surface area contributed by atoms with Gasteiger partial charge in [-0.25, -0.2) is 9.59 Å². The lowest BCUT2D eigenvalue weighted by Crippen LogP contribution is -2.46. The van der Waals surface area contributed by atoms with Crippen molar-refractivity contribution >= 4 is 18.0 Å². The first-order chi connectivity index (χ1) is 15.5. The van der Waals surface area contributed by atoms with Gasteiger partial charge < -0.3 is 20.5 Å². The molecule has 0 bridgehead atoms. The molecule has 0 radical (unpaired) electrons. The number of carboxylic acid groups (broad SMARTS) is 1. The summed E-state index contributed by atoms with van der Waals surface area (Å²) >= 11 is 0. The molecule has 0 heterocycles. The highest BCUT2D eigenvalue weighted by atomic mass is 16.5. The molecule has 166 valence electrons. The summed E-state index contributed by atoms with van der Waals surface area (Å²) < 4.78 is 5.47. The molecular formula is C25H26N2O5. The molecule has 2 amide bonds. The minimum absolute atomic E-state index is 0.0292. The zero-order valence-corrected chi connectivity index (χ0v) is 17.8. The summed E-state index contributed by atoms with van der Waals surface area (Å²) in [7, 11) is 0. The van der Waals surface area contributed by atoms with Crippen molar-refractivity contribution in [2.45, 2.75) is 31.7 Å². The highest BCUT2D eigenvalue weighted by Crippen LogP contribution is 2.44. The van der Waals surface area contributed by atoms with Crippen molar-refractivity contribution in [1.29, 1.82) is 0 Å². The van der Waals surface area contributed by atoms with Crippen molar-refractivity contribution in [3.63, 3.8) is 0 Å². The molecule has 2 atom stereocenters. The number of amides is 2. The second-order valence-electron chi connectivity index (χ2n) is 7.62. The van der Waals surface area contributed by atoms with Gasteiger partial charge in [0.2, 0.25) is 5.91 Å². The first kappa shape index (κ1) is 22.9. The van der Waals surface area contributed by atoms with Crippen LogP contribution in [0.5, 0.6) is 0 Å². The van der Waals surface area contributed by atoms with Crippen LogP contribution in [0.4, 0.5) is 4.79 Å². The van der Waals surface area contributed by atoms with E-state index in [-0.39, 0.29) is 25.5 Å². The first-order valence-electron chi connectivity index (χ1n) is 10.5. The zero-order chi connectivity index (χ0) is 23.1. The lowest BCUT2D eigenvalue weighted by molar-refractivity contribution is -0.142. The van der Waals surface area contributed by atoms with E-state index < -0.39 is 29.9 Å². The van der Waals surface area contributed by atoms with E-state index >= 15 is 0 Å². The van der Waals surface area contributed by atoms with E-state index in [0.29, 0.717) is 6.42 Å². The van der Waals surface area contributed by atoms with Gasteiger partial charge in [-0.2, -0.15) is 0 Å². The van der Waals surface area contributed by atoms with Gasteiger partial charge >= 0.3 is 12.1 Å². The number of ether oxygens (including phenoxy) is 1. The third kappa shape index (κ3) is 5.09. The topological polar surface area (TPSA) is 105 Å². The molecule has 3 rings (SSSR count). The average molecular weight is 434 g/mol. The van der Waals surface area contributed by atoms with Crippen molar-refractivity contribution < 1.29 is 24.2 Å². The van der Waals surface area contributed by atoms with Gasteiger partial charge in [0.05, 0.1) is 5.92 Å². The largest absolute Gasteiger partial charge is 0.480 e. The SMILES string of the molecule is C#CCC(NC(=O)C(CC)CNC(=O)OCC1c2ccccc2-c2ccccc21)C(=O)O. The number of carboxylic acids is 1. The molecule has 7 nitrogen and oxygen atoms in total. The van der Waals surface area contributed by atoms with Crippen molar-refractivity contribution in [3.8, 4) is 23.5 Å². The number of hydrogen-bond donors (Lipinski definition) is 3. The molecule has 0 aliphatic heterocycles. The van der Waals surface area contributed by atoms with Gasteiger partial charge in [-0.3, -0.25) is 4.79 Å². The van der Waals surface area contributed by atoms with Crippen LogP contribution in [0.2, 0.25) is 0 Å². The van der Waals surface area contributed by atoms with Crippen LogP contribution in [0.3, 0.4) is 0 Å². The number of aliphatic carboxylic acids is 1. The molecule has 0 saturated heterocycles.